The van der Waals surface area contributed by atoms with Crippen molar-refractivity contribution in [1.82, 2.24) is 24.3 Å². The fourth-order valence-electron chi connectivity index (χ4n) is 3.86. The third kappa shape index (κ3) is 5.11. The molecule has 4 aromatic rings. The van der Waals surface area contributed by atoms with Crippen molar-refractivity contribution in [2.45, 2.75) is 19.1 Å². The lowest BCUT2D eigenvalue weighted by molar-refractivity contribution is -0.192. The smallest absolute Gasteiger partial charge is 0.490 e. The first kappa shape index (κ1) is 24.6. The molecule has 3 aromatic heterocycles. The van der Waals surface area contributed by atoms with Crippen molar-refractivity contribution in [1.29, 1.82) is 0 Å². The number of halogens is 3. The third-order valence-electron chi connectivity index (χ3n) is 5.51. The molecular formula is C24H20F3N5O4. The highest BCUT2D eigenvalue weighted by Crippen LogP contribution is 2.37. The lowest BCUT2D eigenvalue weighted by Crippen LogP contribution is -2.26. The number of carbonyl (C=O) groups excluding carboxylic acids is 1. The number of ether oxygens (including phenoxy) is 1. The summed E-state index contributed by atoms with van der Waals surface area (Å²) in [6, 6.07) is 9.72. The Morgan fingerprint density at radius 2 is 1.89 bits per heavy atom. The zero-order valence-electron chi connectivity index (χ0n) is 18.9. The molecule has 5 rings (SSSR count). The Bertz CT molecular complexity index is 1370. The quantitative estimate of drug-likeness (QED) is 0.447. The molecule has 186 valence electrons. The summed E-state index contributed by atoms with van der Waals surface area (Å²) in [7, 11) is 1.63. The molecule has 0 aliphatic carbocycles. The van der Waals surface area contributed by atoms with Gasteiger partial charge in [0, 0.05) is 48.9 Å². The zero-order chi connectivity index (χ0) is 25.9. The van der Waals surface area contributed by atoms with E-state index in [1.54, 1.807) is 19.5 Å². The van der Waals surface area contributed by atoms with Crippen LogP contribution in [0.5, 0.6) is 5.75 Å². The molecule has 1 aromatic carbocycles. The van der Waals surface area contributed by atoms with E-state index in [4.69, 9.17) is 14.6 Å². The normalized spacial score (nSPS) is 12.8. The van der Waals surface area contributed by atoms with Gasteiger partial charge >= 0.3 is 12.1 Å². The Labute approximate surface area is 202 Å². The number of benzene rings is 1. The Morgan fingerprint density at radius 1 is 1.17 bits per heavy atom. The monoisotopic (exact) mass is 499 g/mol. The van der Waals surface area contributed by atoms with Crippen molar-refractivity contribution in [3.05, 3.63) is 78.3 Å². The average molecular weight is 499 g/mol. The second kappa shape index (κ2) is 10.0. The number of carboxylic acids is 1. The van der Waals surface area contributed by atoms with Gasteiger partial charge in [-0.25, -0.2) is 19.7 Å². The molecule has 1 aliphatic rings. The molecule has 1 N–H and O–H groups in total. The number of pyridine rings is 1. The summed E-state index contributed by atoms with van der Waals surface area (Å²) in [5.74, 6) is -2.03. The number of rotatable bonds is 5. The Kier molecular flexibility index (Phi) is 6.86. The van der Waals surface area contributed by atoms with Crippen LogP contribution < -0.4 is 4.74 Å². The van der Waals surface area contributed by atoms with Crippen LogP contribution in [0.25, 0.3) is 16.8 Å². The first-order valence-electron chi connectivity index (χ1n) is 10.7. The van der Waals surface area contributed by atoms with Gasteiger partial charge in [-0.1, -0.05) is 6.07 Å². The van der Waals surface area contributed by atoms with E-state index >= 15 is 0 Å². The van der Waals surface area contributed by atoms with Crippen molar-refractivity contribution in [2.75, 3.05) is 13.7 Å². The van der Waals surface area contributed by atoms with Crippen LogP contribution in [0, 0.1) is 0 Å². The highest BCUT2D eigenvalue weighted by Gasteiger charge is 2.38. The minimum Gasteiger partial charge on any atom is -0.496 e. The lowest BCUT2D eigenvalue weighted by Gasteiger charge is -2.14. The van der Waals surface area contributed by atoms with Crippen molar-refractivity contribution < 1.29 is 32.6 Å². The third-order valence-corrected chi connectivity index (χ3v) is 5.51. The molecule has 1 aliphatic heterocycles. The summed E-state index contributed by atoms with van der Waals surface area (Å²) < 4.78 is 39.3. The number of carboxylic acid groups (broad SMARTS) is 1. The van der Waals surface area contributed by atoms with Crippen LogP contribution in [-0.2, 0) is 17.8 Å². The van der Waals surface area contributed by atoms with Gasteiger partial charge in [0.05, 0.1) is 24.9 Å². The van der Waals surface area contributed by atoms with Crippen LogP contribution in [0.4, 0.5) is 13.2 Å². The largest absolute Gasteiger partial charge is 0.496 e. The first-order valence-corrected chi connectivity index (χ1v) is 10.7. The molecule has 0 spiro atoms. The van der Waals surface area contributed by atoms with Gasteiger partial charge in [-0.2, -0.15) is 13.2 Å². The molecular weight excluding hydrogens is 479 g/mol. The Hall–Kier alpha value is -4.48. The number of hydrogen-bond acceptors (Lipinski definition) is 6. The number of nitrogens with zero attached hydrogens (tertiary/aromatic N) is 5. The predicted octanol–water partition coefficient (Wildman–Crippen LogP) is 3.63. The number of aromatic nitrogens is 4. The minimum absolute atomic E-state index is 0.00140. The number of hydrogen-bond donors (Lipinski definition) is 1. The van der Waals surface area contributed by atoms with E-state index < -0.39 is 12.1 Å². The van der Waals surface area contributed by atoms with E-state index in [-0.39, 0.29) is 5.91 Å². The number of fused-ring (bicyclic) bond motifs is 2. The van der Waals surface area contributed by atoms with Crippen LogP contribution in [0.15, 0.2) is 61.4 Å². The van der Waals surface area contributed by atoms with Gasteiger partial charge in [0.15, 0.2) is 0 Å². The molecule has 0 bridgehead atoms. The van der Waals surface area contributed by atoms with Crippen molar-refractivity contribution in [2.24, 2.45) is 0 Å². The molecule has 9 nitrogen and oxygen atoms in total. The van der Waals surface area contributed by atoms with Gasteiger partial charge in [-0.3, -0.25) is 4.79 Å². The molecule has 4 heterocycles. The van der Waals surface area contributed by atoms with Gasteiger partial charge < -0.3 is 19.1 Å². The number of amides is 1. The molecule has 0 unspecified atom stereocenters. The van der Waals surface area contributed by atoms with Gasteiger partial charge in [0.1, 0.15) is 17.7 Å². The summed E-state index contributed by atoms with van der Waals surface area (Å²) in [4.78, 5) is 36.8. The van der Waals surface area contributed by atoms with Crippen molar-refractivity contribution in [3.8, 4) is 16.9 Å². The number of imidazole rings is 1. The topological polar surface area (TPSA) is 110 Å². The van der Waals surface area contributed by atoms with Crippen LogP contribution in [-0.4, -0.2) is 61.1 Å². The van der Waals surface area contributed by atoms with Crippen molar-refractivity contribution in [3.63, 3.8) is 0 Å². The fraction of sp³-hybridized carbons (Fsp3) is 0.208. The SMILES string of the molecule is COc1ccc(-c2cncnc2)c2c1CN(CCc1cn3ccccc3n1)C2=O.O=C(O)C(F)(F)F. The molecule has 0 saturated carbocycles. The average Bonchev–Trinajstić information content (AvgIpc) is 3.43. The van der Waals surface area contributed by atoms with Crippen LogP contribution in [0.1, 0.15) is 21.6 Å². The Morgan fingerprint density at radius 3 is 2.53 bits per heavy atom. The fourth-order valence-corrected chi connectivity index (χ4v) is 3.86. The Balaban J connectivity index is 0.000000384. The summed E-state index contributed by atoms with van der Waals surface area (Å²) in [6.45, 7) is 1.11. The summed E-state index contributed by atoms with van der Waals surface area (Å²) >= 11 is 0. The molecule has 1 amide bonds. The van der Waals surface area contributed by atoms with Gasteiger partial charge in [0.25, 0.3) is 5.91 Å². The summed E-state index contributed by atoms with van der Waals surface area (Å²) in [5.41, 5.74) is 5.11. The van der Waals surface area contributed by atoms with E-state index in [1.807, 2.05) is 52.0 Å². The highest BCUT2D eigenvalue weighted by atomic mass is 19.4. The summed E-state index contributed by atoms with van der Waals surface area (Å²) in [5, 5.41) is 7.12. The van der Waals surface area contributed by atoms with Crippen molar-refractivity contribution >= 4 is 17.5 Å². The predicted molar refractivity (Wildman–Crippen MR) is 121 cm³/mol. The second-order valence-corrected chi connectivity index (χ2v) is 7.77. The van der Waals surface area contributed by atoms with E-state index in [0.29, 0.717) is 25.1 Å². The highest BCUT2D eigenvalue weighted by molar-refractivity contribution is 6.05. The van der Waals surface area contributed by atoms with Crippen LogP contribution in [0.3, 0.4) is 0 Å². The molecule has 0 atom stereocenters. The zero-order valence-corrected chi connectivity index (χ0v) is 18.9. The van der Waals surface area contributed by atoms with Gasteiger partial charge in [0.2, 0.25) is 0 Å². The van der Waals surface area contributed by atoms with E-state index in [0.717, 1.165) is 33.8 Å². The number of methoxy groups -OCH3 is 1. The van der Waals surface area contributed by atoms with E-state index in [2.05, 4.69) is 15.0 Å². The number of carbonyl (C=O) groups is 2. The maximum Gasteiger partial charge on any atom is 0.490 e. The maximum atomic E-state index is 13.3. The van der Waals surface area contributed by atoms with Crippen LogP contribution in [0.2, 0.25) is 0 Å². The number of alkyl halides is 3. The molecule has 0 saturated heterocycles. The standard InChI is InChI=1S/C22H19N5O2.C2HF3O2/c1-29-19-6-5-17(15-10-23-14-24-11-15)21-18(19)13-27(22(21)28)9-7-16-12-26-8-3-2-4-20(26)25-16;3-2(4,5)1(6)7/h2-6,8,10-12,14H,7,9,13H2,1H3;(H,6,7). The van der Waals surface area contributed by atoms with Gasteiger partial charge in [-0.15, -0.1) is 0 Å². The molecule has 36 heavy (non-hydrogen) atoms. The van der Waals surface area contributed by atoms with Crippen LogP contribution >= 0.6 is 0 Å². The molecule has 0 fully saturated rings. The van der Waals surface area contributed by atoms with Gasteiger partial charge in [-0.05, 0) is 29.8 Å². The second-order valence-electron chi connectivity index (χ2n) is 7.77. The molecule has 0 radical (unpaired) electrons. The van der Waals surface area contributed by atoms with E-state index in [9.17, 15) is 18.0 Å². The first-order chi connectivity index (χ1) is 17.2. The minimum atomic E-state index is -5.08. The lowest BCUT2D eigenvalue weighted by atomic mass is 9.98. The maximum absolute atomic E-state index is 13.3. The summed E-state index contributed by atoms with van der Waals surface area (Å²) in [6.07, 6.45) is 4.52. The van der Waals surface area contributed by atoms with E-state index in [1.165, 1.54) is 6.33 Å². The molecule has 12 heteroatoms. The number of aliphatic carboxylic acids is 1.